The van der Waals surface area contributed by atoms with Crippen LogP contribution in [0.3, 0.4) is 0 Å². The molecular formula is C9H12N2O4S2. The second-order valence-electron chi connectivity index (χ2n) is 3.79. The van der Waals surface area contributed by atoms with Crippen LogP contribution < -0.4 is 4.31 Å². The minimum absolute atomic E-state index is 0.140. The first-order valence-corrected chi connectivity index (χ1v) is 7.64. The fraction of sp³-hybridized carbons (Fsp3) is 0.556. The van der Waals surface area contributed by atoms with E-state index in [2.05, 4.69) is 4.98 Å². The Morgan fingerprint density at radius 1 is 1.53 bits per heavy atom. The quantitative estimate of drug-likeness (QED) is 0.878. The smallest absolute Gasteiger partial charge is 0.309 e. The number of hydrogen-bond donors (Lipinski definition) is 1. The average molecular weight is 276 g/mol. The van der Waals surface area contributed by atoms with Crippen molar-refractivity contribution < 1.29 is 18.3 Å². The first-order valence-electron chi connectivity index (χ1n) is 5.15. The summed E-state index contributed by atoms with van der Waals surface area (Å²) in [6.45, 7) is 0.433. The molecule has 0 bridgehead atoms. The van der Waals surface area contributed by atoms with E-state index in [9.17, 15) is 13.2 Å². The Balaban J connectivity index is 2.22. The van der Waals surface area contributed by atoms with Crippen LogP contribution in [0.4, 0.5) is 5.13 Å². The highest BCUT2D eigenvalue weighted by Crippen LogP contribution is 2.26. The molecule has 0 spiro atoms. The van der Waals surface area contributed by atoms with Crippen LogP contribution in [0.2, 0.25) is 0 Å². The molecule has 94 valence electrons. The highest BCUT2D eigenvalue weighted by Gasteiger charge is 2.28. The van der Waals surface area contributed by atoms with E-state index in [1.807, 2.05) is 0 Å². The minimum Gasteiger partial charge on any atom is -0.481 e. The molecule has 0 amide bonds. The van der Waals surface area contributed by atoms with Crippen LogP contribution in [0.1, 0.15) is 18.5 Å². The van der Waals surface area contributed by atoms with E-state index in [1.165, 1.54) is 15.6 Å². The topological polar surface area (TPSA) is 87.6 Å². The molecule has 1 aromatic rings. The molecule has 0 saturated carbocycles. The highest BCUT2D eigenvalue weighted by atomic mass is 32.2. The molecular weight excluding hydrogens is 264 g/mol. The second-order valence-corrected chi connectivity index (χ2v) is 6.64. The lowest BCUT2D eigenvalue weighted by Gasteiger charge is -2.25. The third-order valence-corrected chi connectivity index (χ3v) is 5.29. The van der Waals surface area contributed by atoms with Gasteiger partial charge in [-0.25, -0.2) is 17.7 Å². The van der Waals surface area contributed by atoms with Gasteiger partial charge in [-0.15, -0.1) is 11.3 Å². The predicted molar refractivity (Wildman–Crippen MR) is 63.8 cm³/mol. The third kappa shape index (κ3) is 2.75. The molecule has 2 rings (SSSR count). The molecule has 0 aliphatic carbocycles. The van der Waals surface area contributed by atoms with Crippen LogP contribution in [-0.4, -0.2) is 36.8 Å². The number of sulfonamides is 1. The van der Waals surface area contributed by atoms with Crippen molar-refractivity contribution >= 4 is 32.5 Å². The van der Waals surface area contributed by atoms with Gasteiger partial charge in [-0.05, 0) is 12.8 Å². The number of carboxylic acid groups (broad SMARTS) is 1. The lowest BCUT2D eigenvalue weighted by atomic mass is 10.3. The van der Waals surface area contributed by atoms with Crippen molar-refractivity contribution in [1.29, 1.82) is 0 Å². The van der Waals surface area contributed by atoms with Crippen LogP contribution in [-0.2, 0) is 21.2 Å². The van der Waals surface area contributed by atoms with Crippen LogP contribution in [0.15, 0.2) is 5.38 Å². The van der Waals surface area contributed by atoms with Gasteiger partial charge < -0.3 is 5.11 Å². The molecule has 1 aliphatic heterocycles. The fourth-order valence-electron chi connectivity index (χ4n) is 1.65. The molecule has 6 nitrogen and oxygen atoms in total. The zero-order valence-electron chi connectivity index (χ0n) is 9.00. The molecule has 1 aliphatic rings. The van der Waals surface area contributed by atoms with Crippen molar-refractivity contribution in [2.24, 2.45) is 0 Å². The number of anilines is 1. The number of aromatic nitrogens is 1. The van der Waals surface area contributed by atoms with Crippen LogP contribution in [0.5, 0.6) is 0 Å². The normalized spacial score (nSPS) is 19.2. The van der Waals surface area contributed by atoms with Gasteiger partial charge in [0, 0.05) is 11.9 Å². The Kier molecular flexibility index (Phi) is 3.34. The lowest BCUT2D eigenvalue weighted by Crippen LogP contribution is -2.37. The monoisotopic (exact) mass is 276 g/mol. The summed E-state index contributed by atoms with van der Waals surface area (Å²) in [4.78, 5) is 14.6. The average Bonchev–Trinajstić information content (AvgIpc) is 2.64. The van der Waals surface area contributed by atoms with Gasteiger partial charge in [-0.1, -0.05) is 0 Å². The van der Waals surface area contributed by atoms with Gasteiger partial charge in [0.2, 0.25) is 10.0 Å². The molecule has 1 saturated heterocycles. The summed E-state index contributed by atoms with van der Waals surface area (Å²) in [5.74, 6) is -0.829. The van der Waals surface area contributed by atoms with Gasteiger partial charge in [-0.2, -0.15) is 0 Å². The summed E-state index contributed by atoms with van der Waals surface area (Å²) in [5, 5.41) is 10.6. The Morgan fingerprint density at radius 2 is 2.29 bits per heavy atom. The van der Waals surface area contributed by atoms with E-state index in [-0.39, 0.29) is 12.2 Å². The van der Waals surface area contributed by atoms with E-state index in [1.54, 1.807) is 5.38 Å². The molecule has 0 atom stereocenters. The molecule has 1 aromatic heterocycles. The Labute approximate surface area is 103 Å². The van der Waals surface area contributed by atoms with Gasteiger partial charge in [0.25, 0.3) is 0 Å². The Morgan fingerprint density at radius 3 is 2.94 bits per heavy atom. The molecule has 0 radical (unpaired) electrons. The standard InChI is InChI=1S/C9H12N2O4S2/c12-8(13)5-7-6-16-9(10-7)11-3-1-2-4-17(11,14)15/h6H,1-5H2,(H,12,13). The van der Waals surface area contributed by atoms with Crippen molar-refractivity contribution in [3.8, 4) is 0 Å². The highest BCUT2D eigenvalue weighted by molar-refractivity contribution is 7.93. The van der Waals surface area contributed by atoms with E-state index in [0.717, 1.165) is 6.42 Å². The molecule has 8 heteroatoms. The zero-order valence-corrected chi connectivity index (χ0v) is 10.6. The first kappa shape index (κ1) is 12.3. The number of nitrogens with zero attached hydrogens (tertiary/aromatic N) is 2. The number of aliphatic carboxylic acids is 1. The van der Waals surface area contributed by atoms with Crippen molar-refractivity contribution in [3.63, 3.8) is 0 Å². The lowest BCUT2D eigenvalue weighted by molar-refractivity contribution is -0.136. The van der Waals surface area contributed by atoms with E-state index in [4.69, 9.17) is 5.11 Å². The molecule has 2 heterocycles. The van der Waals surface area contributed by atoms with Gasteiger partial charge >= 0.3 is 5.97 Å². The maximum absolute atomic E-state index is 11.8. The first-order chi connectivity index (χ1) is 7.99. The predicted octanol–water partition coefficient (Wildman–Crippen LogP) is 0.700. The maximum Gasteiger partial charge on any atom is 0.309 e. The SMILES string of the molecule is O=C(O)Cc1csc(N2CCCCS2(=O)=O)n1. The summed E-state index contributed by atoms with van der Waals surface area (Å²) >= 11 is 1.17. The van der Waals surface area contributed by atoms with E-state index < -0.39 is 16.0 Å². The Bertz CT molecular complexity index is 523. The minimum atomic E-state index is -3.26. The molecule has 0 aromatic carbocycles. The number of thiazole rings is 1. The summed E-state index contributed by atoms with van der Waals surface area (Å²) in [6, 6.07) is 0. The van der Waals surface area contributed by atoms with E-state index >= 15 is 0 Å². The van der Waals surface area contributed by atoms with Crippen molar-refractivity contribution in [3.05, 3.63) is 11.1 Å². The Hall–Kier alpha value is -1.15. The molecule has 17 heavy (non-hydrogen) atoms. The van der Waals surface area contributed by atoms with Crippen LogP contribution in [0, 0.1) is 0 Å². The summed E-state index contributed by atoms with van der Waals surface area (Å²) in [5.41, 5.74) is 0.401. The van der Waals surface area contributed by atoms with Crippen LogP contribution in [0.25, 0.3) is 0 Å². The number of carbonyl (C=O) groups is 1. The molecule has 1 fully saturated rings. The van der Waals surface area contributed by atoms with Gasteiger partial charge in [-0.3, -0.25) is 4.79 Å². The number of hydrogen-bond acceptors (Lipinski definition) is 5. The summed E-state index contributed by atoms with van der Waals surface area (Å²) in [6.07, 6.45) is 1.31. The van der Waals surface area contributed by atoms with Crippen molar-refractivity contribution in [2.75, 3.05) is 16.6 Å². The van der Waals surface area contributed by atoms with E-state index in [0.29, 0.717) is 23.8 Å². The second kappa shape index (κ2) is 4.61. The number of rotatable bonds is 3. The number of carboxylic acids is 1. The maximum atomic E-state index is 11.8. The summed E-state index contributed by atoms with van der Waals surface area (Å²) < 4.78 is 24.9. The largest absolute Gasteiger partial charge is 0.481 e. The summed E-state index contributed by atoms with van der Waals surface area (Å²) in [7, 11) is -3.26. The molecule has 0 unspecified atom stereocenters. The zero-order chi connectivity index (χ0) is 12.5. The van der Waals surface area contributed by atoms with Crippen LogP contribution >= 0.6 is 11.3 Å². The van der Waals surface area contributed by atoms with Gasteiger partial charge in [0.15, 0.2) is 5.13 Å². The van der Waals surface area contributed by atoms with Gasteiger partial charge in [0.1, 0.15) is 0 Å². The third-order valence-electron chi connectivity index (χ3n) is 2.43. The van der Waals surface area contributed by atoms with Gasteiger partial charge in [0.05, 0.1) is 17.9 Å². The fourth-order valence-corrected chi connectivity index (χ4v) is 4.35. The van der Waals surface area contributed by atoms with Crippen molar-refractivity contribution in [1.82, 2.24) is 4.98 Å². The molecule has 1 N–H and O–H groups in total. The van der Waals surface area contributed by atoms with Crippen molar-refractivity contribution in [2.45, 2.75) is 19.3 Å².